The van der Waals surface area contributed by atoms with E-state index in [4.69, 9.17) is 11.6 Å². The maximum Gasteiger partial charge on any atom is 0.264 e. The number of nitrogens with zero attached hydrogens (tertiary/aromatic N) is 2. The summed E-state index contributed by atoms with van der Waals surface area (Å²) in [7, 11) is 0. The lowest BCUT2D eigenvalue weighted by Gasteiger charge is -2.21. The first kappa shape index (κ1) is 17.5. The molecule has 3 nitrogen and oxygen atoms in total. The third-order valence-electron chi connectivity index (χ3n) is 4.83. The average molecular weight is 385 g/mol. The van der Waals surface area contributed by atoms with Gasteiger partial charge >= 0.3 is 0 Å². The van der Waals surface area contributed by atoms with Crippen molar-refractivity contribution in [1.29, 1.82) is 0 Å². The molecule has 0 aliphatic carbocycles. The van der Waals surface area contributed by atoms with Gasteiger partial charge in [0, 0.05) is 42.4 Å². The largest absolute Gasteiger partial charge is 0.337 e. The highest BCUT2D eigenvalue weighted by Gasteiger charge is 2.21. The van der Waals surface area contributed by atoms with Crippen LogP contribution in [0, 0.1) is 0 Å². The van der Waals surface area contributed by atoms with Crippen molar-refractivity contribution in [3.63, 3.8) is 0 Å². The van der Waals surface area contributed by atoms with E-state index in [1.54, 1.807) is 11.3 Å². The Balaban J connectivity index is 1.41. The molecule has 5 heteroatoms. The van der Waals surface area contributed by atoms with Crippen molar-refractivity contribution < 1.29 is 4.79 Å². The summed E-state index contributed by atoms with van der Waals surface area (Å²) in [5.41, 5.74) is 1.26. The fraction of sp³-hybridized carbons (Fsp3) is 0.286. The zero-order valence-electron chi connectivity index (χ0n) is 14.5. The van der Waals surface area contributed by atoms with E-state index in [-0.39, 0.29) is 5.91 Å². The van der Waals surface area contributed by atoms with E-state index in [0.29, 0.717) is 0 Å². The highest BCUT2D eigenvalue weighted by atomic mass is 35.5. The Morgan fingerprint density at radius 3 is 2.62 bits per heavy atom. The molecule has 1 aliphatic heterocycles. The number of carbonyl (C=O) groups is 1. The zero-order valence-corrected chi connectivity index (χ0v) is 16.1. The normalized spacial score (nSPS) is 16.0. The van der Waals surface area contributed by atoms with Crippen LogP contribution in [0.5, 0.6) is 0 Å². The summed E-state index contributed by atoms with van der Waals surface area (Å²) in [6.07, 6.45) is 1.00. The molecule has 1 aromatic heterocycles. The molecule has 0 atom stereocenters. The Morgan fingerprint density at radius 1 is 1.00 bits per heavy atom. The molecule has 0 unspecified atom stereocenters. The second-order valence-corrected chi connectivity index (χ2v) is 8.22. The molecule has 1 saturated heterocycles. The first-order valence-electron chi connectivity index (χ1n) is 8.94. The number of rotatable bonds is 3. The number of hydrogen-bond acceptors (Lipinski definition) is 3. The number of fused-ring (bicyclic) bond motifs is 1. The van der Waals surface area contributed by atoms with Gasteiger partial charge in [0.2, 0.25) is 0 Å². The second-order valence-electron chi connectivity index (χ2n) is 6.70. The topological polar surface area (TPSA) is 23.6 Å². The molecule has 0 spiro atoms. The average Bonchev–Trinajstić information content (AvgIpc) is 2.96. The Kier molecular flexibility index (Phi) is 5.25. The summed E-state index contributed by atoms with van der Waals surface area (Å²) in [5.74, 6) is 0.166. The zero-order chi connectivity index (χ0) is 17.9. The van der Waals surface area contributed by atoms with E-state index in [2.05, 4.69) is 29.2 Å². The number of benzene rings is 2. The molecule has 0 radical (unpaired) electrons. The summed E-state index contributed by atoms with van der Waals surface area (Å²) in [5, 5.41) is 1.92. The first-order valence-corrected chi connectivity index (χ1v) is 10.1. The molecule has 0 bridgehead atoms. The predicted octanol–water partition coefficient (Wildman–Crippen LogP) is 4.90. The van der Waals surface area contributed by atoms with Crippen LogP contribution >= 0.6 is 22.9 Å². The van der Waals surface area contributed by atoms with Gasteiger partial charge in [-0.2, -0.15) is 0 Å². The highest BCUT2D eigenvalue weighted by molar-refractivity contribution is 7.20. The molecule has 3 aromatic rings. The van der Waals surface area contributed by atoms with Gasteiger partial charge in [-0.05, 0) is 41.6 Å². The van der Waals surface area contributed by atoms with E-state index >= 15 is 0 Å². The molecule has 2 aromatic carbocycles. The molecule has 2 heterocycles. The SMILES string of the molecule is O=C(c1cc2ccccc2s1)N1CCCN(Cc2ccc(Cl)cc2)CC1. The van der Waals surface area contributed by atoms with Crippen LogP contribution < -0.4 is 0 Å². The van der Waals surface area contributed by atoms with Gasteiger partial charge in [-0.3, -0.25) is 9.69 Å². The molecule has 4 rings (SSSR count). The Bertz CT molecular complexity index is 873. The van der Waals surface area contributed by atoms with Gasteiger partial charge in [-0.25, -0.2) is 0 Å². The van der Waals surface area contributed by atoms with E-state index < -0.39 is 0 Å². The van der Waals surface area contributed by atoms with Crippen LogP contribution in [0.25, 0.3) is 10.1 Å². The standard InChI is InChI=1S/C21H21ClN2OS/c22-18-8-6-16(7-9-18)15-23-10-3-11-24(13-12-23)21(25)20-14-17-4-1-2-5-19(17)26-20/h1-2,4-9,14H,3,10-13,15H2. The van der Waals surface area contributed by atoms with Crippen LogP contribution in [0.4, 0.5) is 0 Å². The van der Waals surface area contributed by atoms with Crippen molar-refractivity contribution >= 4 is 38.9 Å². The highest BCUT2D eigenvalue weighted by Crippen LogP contribution is 2.26. The predicted molar refractivity (Wildman–Crippen MR) is 109 cm³/mol. The molecule has 0 N–H and O–H groups in total. The summed E-state index contributed by atoms with van der Waals surface area (Å²) in [6.45, 7) is 4.42. The fourth-order valence-corrected chi connectivity index (χ4v) is 4.58. The molecule has 134 valence electrons. The maximum atomic E-state index is 12.9. The van der Waals surface area contributed by atoms with Gasteiger partial charge in [-0.15, -0.1) is 11.3 Å². The van der Waals surface area contributed by atoms with Gasteiger partial charge in [0.15, 0.2) is 0 Å². The van der Waals surface area contributed by atoms with E-state index in [0.717, 1.165) is 54.4 Å². The minimum atomic E-state index is 0.166. The summed E-state index contributed by atoms with van der Waals surface area (Å²) < 4.78 is 1.18. The minimum Gasteiger partial charge on any atom is -0.337 e. The van der Waals surface area contributed by atoms with Gasteiger partial charge < -0.3 is 4.90 Å². The van der Waals surface area contributed by atoms with Crippen molar-refractivity contribution in [2.24, 2.45) is 0 Å². The molecular weight excluding hydrogens is 364 g/mol. The molecule has 26 heavy (non-hydrogen) atoms. The molecule has 1 aliphatic rings. The minimum absolute atomic E-state index is 0.166. The lowest BCUT2D eigenvalue weighted by atomic mass is 10.2. The smallest absolute Gasteiger partial charge is 0.264 e. The Morgan fingerprint density at radius 2 is 1.81 bits per heavy atom. The lowest BCUT2D eigenvalue weighted by Crippen LogP contribution is -2.34. The molecule has 1 fully saturated rings. The Hall–Kier alpha value is -1.88. The first-order chi connectivity index (χ1) is 12.7. The third-order valence-corrected chi connectivity index (χ3v) is 6.19. The monoisotopic (exact) mass is 384 g/mol. The van der Waals surface area contributed by atoms with E-state index in [9.17, 15) is 4.79 Å². The second kappa shape index (κ2) is 7.78. The molecule has 1 amide bonds. The lowest BCUT2D eigenvalue weighted by molar-refractivity contribution is 0.0766. The summed E-state index contributed by atoms with van der Waals surface area (Å²) in [6, 6.07) is 18.2. The summed E-state index contributed by atoms with van der Waals surface area (Å²) >= 11 is 7.56. The van der Waals surface area contributed by atoms with Crippen LogP contribution in [0.3, 0.4) is 0 Å². The maximum absolute atomic E-state index is 12.9. The van der Waals surface area contributed by atoms with Crippen molar-refractivity contribution in [2.75, 3.05) is 26.2 Å². The van der Waals surface area contributed by atoms with Crippen LogP contribution in [0.1, 0.15) is 21.7 Å². The van der Waals surface area contributed by atoms with Crippen molar-refractivity contribution in [2.45, 2.75) is 13.0 Å². The van der Waals surface area contributed by atoms with Crippen molar-refractivity contribution in [3.8, 4) is 0 Å². The third kappa shape index (κ3) is 3.93. The van der Waals surface area contributed by atoms with Crippen LogP contribution in [-0.2, 0) is 6.54 Å². The number of hydrogen-bond donors (Lipinski definition) is 0. The van der Waals surface area contributed by atoms with Crippen molar-refractivity contribution in [1.82, 2.24) is 9.80 Å². The van der Waals surface area contributed by atoms with Crippen LogP contribution in [0.15, 0.2) is 54.6 Å². The van der Waals surface area contributed by atoms with Crippen LogP contribution in [0.2, 0.25) is 5.02 Å². The Labute approximate surface area is 162 Å². The van der Waals surface area contributed by atoms with Gasteiger partial charge in [-0.1, -0.05) is 41.9 Å². The van der Waals surface area contributed by atoms with Gasteiger partial charge in [0.05, 0.1) is 4.88 Å². The van der Waals surface area contributed by atoms with Gasteiger partial charge in [0.25, 0.3) is 5.91 Å². The molecular formula is C21H21ClN2OS. The van der Waals surface area contributed by atoms with Crippen LogP contribution in [-0.4, -0.2) is 41.9 Å². The van der Waals surface area contributed by atoms with Gasteiger partial charge in [0.1, 0.15) is 0 Å². The number of thiophene rings is 1. The molecule has 0 saturated carbocycles. The summed E-state index contributed by atoms with van der Waals surface area (Å²) in [4.78, 5) is 18.2. The number of halogens is 1. The number of amides is 1. The van der Waals surface area contributed by atoms with E-state index in [1.807, 2.05) is 35.2 Å². The van der Waals surface area contributed by atoms with E-state index in [1.165, 1.54) is 10.3 Å². The van der Waals surface area contributed by atoms with Crippen molar-refractivity contribution in [3.05, 3.63) is 70.1 Å². The fourth-order valence-electron chi connectivity index (χ4n) is 3.42. The number of carbonyl (C=O) groups excluding carboxylic acids is 1. The quantitative estimate of drug-likeness (QED) is 0.641.